The molecule has 4 rings (SSSR count). The SMILES string of the molecule is Cc1ccc(S(=O)[O-])cc1.Cl.N#CCCCc1c[nH]c2nccc(Oc3c(F)cc(N)cc3F)c12. The first kappa shape index (κ1) is 27.7. The number of fused-ring (bicyclic) bond motifs is 1. The van der Waals surface area contributed by atoms with Crippen molar-refractivity contribution < 1.29 is 22.3 Å². The van der Waals surface area contributed by atoms with Gasteiger partial charge in [-0.1, -0.05) is 17.7 Å². The molecule has 2 heterocycles. The molecule has 2 aromatic heterocycles. The van der Waals surface area contributed by atoms with Gasteiger partial charge < -0.3 is 20.0 Å². The summed E-state index contributed by atoms with van der Waals surface area (Å²) in [6.07, 6.45) is 4.97. The smallest absolute Gasteiger partial charge is 0.198 e. The fourth-order valence-electron chi connectivity index (χ4n) is 3.17. The maximum Gasteiger partial charge on any atom is 0.198 e. The maximum absolute atomic E-state index is 14.0. The number of hydrogen-bond donors (Lipinski definition) is 2. The number of nitriles is 1. The van der Waals surface area contributed by atoms with E-state index in [9.17, 15) is 17.5 Å². The summed E-state index contributed by atoms with van der Waals surface area (Å²) < 4.78 is 54.0. The molecule has 0 spiro atoms. The molecule has 3 N–H and O–H groups in total. The summed E-state index contributed by atoms with van der Waals surface area (Å²) in [5.41, 5.74) is 7.88. The van der Waals surface area contributed by atoms with Gasteiger partial charge in [-0.05, 0) is 54.6 Å². The first-order chi connectivity index (χ1) is 16.3. The predicted molar refractivity (Wildman–Crippen MR) is 131 cm³/mol. The number of H-pyrrole nitrogens is 1. The number of nitrogen functional groups attached to an aromatic ring is 1. The molecule has 0 radical (unpaired) electrons. The third-order valence-corrected chi connectivity index (χ3v) is 5.45. The van der Waals surface area contributed by atoms with Gasteiger partial charge in [-0.15, -0.1) is 12.4 Å². The van der Waals surface area contributed by atoms with E-state index >= 15 is 0 Å². The standard InChI is InChI=1S/C17H14F2N4O.C7H8O2S.ClH/c18-12-7-11(21)8-13(19)16(12)24-14-4-6-22-17-15(14)10(9-23-17)3-1-2-5-20;1-6-2-4-7(5-3-6)10(8)9;/h4,6-9H,1-3,21H2,(H,22,23);2-5H,1H3,(H,8,9);1H/p-1. The van der Waals surface area contributed by atoms with Gasteiger partial charge in [-0.25, -0.2) is 13.8 Å². The van der Waals surface area contributed by atoms with Crippen LogP contribution in [0.15, 0.2) is 59.8 Å². The van der Waals surface area contributed by atoms with Crippen LogP contribution in [0.5, 0.6) is 11.5 Å². The van der Waals surface area contributed by atoms with Crippen molar-refractivity contribution >= 4 is 40.2 Å². The molecule has 35 heavy (non-hydrogen) atoms. The number of nitrogens with two attached hydrogens (primary N) is 1. The van der Waals surface area contributed by atoms with Gasteiger partial charge in [0.25, 0.3) is 0 Å². The van der Waals surface area contributed by atoms with E-state index in [4.69, 9.17) is 15.7 Å². The molecule has 0 bridgehead atoms. The quantitative estimate of drug-likeness (QED) is 0.190. The van der Waals surface area contributed by atoms with E-state index in [2.05, 4.69) is 16.0 Å². The second-order valence-corrected chi connectivity index (χ2v) is 8.26. The summed E-state index contributed by atoms with van der Waals surface area (Å²) in [5, 5.41) is 9.30. The fourth-order valence-corrected chi connectivity index (χ4v) is 3.53. The number of benzene rings is 2. The van der Waals surface area contributed by atoms with E-state index in [1.165, 1.54) is 6.20 Å². The number of nitrogens with zero attached hydrogens (tertiary/aromatic N) is 2. The summed E-state index contributed by atoms with van der Waals surface area (Å²) in [6, 6.07) is 12.3. The van der Waals surface area contributed by atoms with E-state index < -0.39 is 28.5 Å². The molecule has 11 heteroatoms. The van der Waals surface area contributed by atoms with Gasteiger partial charge in [-0.3, -0.25) is 4.21 Å². The topological polar surface area (TPSA) is 128 Å². The Hall–Kier alpha value is -3.52. The van der Waals surface area contributed by atoms with E-state index in [-0.39, 0.29) is 23.8 Å². The van der Waals surface area contributed by atoms with Crippen LogP contribution in [-0.4, -0.2) is 18.7 Å². The van der Waals surface area contributed by atoms with Crippen LogP contribution in [-0.2, 0) is 17.5 Å². The number of ether oxygens (including phenoxy) is 1. The third-order valence-electron chi connectivity index (χ3n) is 4.80. The molecule has 0 aliphatic rings. The van der Waals surface area contributed by atoms with Crippen molar-refractivity contribution in [3.05, 3.63) is 77.6 Å². The second-order valence-electron chi connectivity index (χ2n) is 7.32. The van der Waals surface area contributed by atoms with Crippen LogP contribution >= 0.6 is 12.4 Å². The molecule has 7 nitrogen and oxygen atoms in total. The number of aromatic amines is 1. The minimum atomic E-state index is -2.09. The molecule has 0 saturated heterocycles. The van der Waals surface area contributed by atoms with Crippen molar-refractivity contribution in [2.75, 3.05) is 5.73 Å². The molecule has 0 aliphatic heterocycles. The Morgan fingerprint density at radius 2 is 1.86 bits per heavy atom. The van der Waals surface area contributed by atoms with Crippen LogP contribution < -0.4 is 10.5 Å². The van der Waals surface area contributed by atoms with E-state index in [1.807, 2.05) is 6.92 Å². The highest BCUT2D eigenvalue weighted by atomic mass is 35.5. The summed E-state index contributed by atoms with van der Waals surface area (Å²) in [7, 11) is 0. The number of unbranched alkanes of at least 4 members (excludes halogenated alkanes) is 1. The van der Waals surface area contributed by atoms with Gasteiger partial charge in [-0.2, -0.15) is 5.26 Å². The lowest BCUT2D eigenvalue weighted by Crippen LogP contribution is -1.97. The number of hydrogen-bond acceptors (Lipinski definition) is 6. The average molecular weight is 520 g/mol. The Morgan fingerprint density at radius 1 is 1.20 bits per heavy atom. The summed E-state index contributed by atoms with van der Waals surface area (Å²) in [6.45, 7) is 1.91. The minimum Gasteiger partial charge on any atom is -0.768 e. The highest BCUT2D eigenvalue weighted by Crippen LogP contribution is 2.35. The number of halogens is 3. The fraction of sp³-hybridized carbons (Fsp3) is 0.167. The third kappa shape index (κ3) is 7.23. The zero-order valence-electron chi connectivity index (χ0n) is 18.6. The molecule has 1 atom stereocenters. The monoisotopic (exact) mass is 519 g/mol. The van der Waals surface area contributed by atoms with Crippen LogP contribution in [0.25, 0.3) is 11.0 Å². The lowest BCUT2D eigenvalue weighted by molar-refractivity contribution is 0.411. The largest absolute Gasteiger partial charge is 0.768 e. The van der Waals surface area contributed by atoms with E-state index in [1.54, 1.807) is 36.5 Å². The Balaban J connectivity index is 0.000000332. The van der Waals surface area contributed by atoms with E-state index in [0.29, 0.717) is 35.2 Å². The number of aryl methyl sites for hydroxylation is 2. The summed E-state index contributed by atoms with van der Waals surface area (Å²) in [5.74, 6) is -1.98. The van der Waals surface area contributed by atoms with Crippen LogP contribution in [0.4, 0.5) is 14.5 Å². The minimum absolute atomic E-state index is 0. The average Bonchev–Trinajstić information content (AvgIpc) is 3.21. The molecule has 184 valence electrons. The zero-order valence-corrected chi connectivity index (χ0v) is 20.2. The van der Waals surface area contributed by atoms with Crippen LogP contribution in [0.1, 0.15) is 24.0 Å². The number of rotatable bonds is 6. The van der Waals surface area contributed by atoms with Crippen molar-refractivity contribution in [2.45, 2.75) is 31.1 Å². The van der Waals surface area contributed by atoms with Gasteiger partial charge in [0.1, 0.15) is 11.4 Å². The highest BCUT2D eigenvalue weighted by Gasteiger charge is 2.17. The Kier molecular flexibility index (Phi) is 10.1. The van der Waals surface area contributed by atoms with Gasteiger partial charge in [0.15, 0.2) is 17.4 Å². The Bertz CT molecular complexity index is 1330. The molecule has 0 aliphatic carbocycles. The lowest BCUT2D eigenvalue weighted by atomic mass is 10.1. The molecule has 2 aromatic carbocycles. The normalized spacial score (nSPS) is 11.1. The van der Waals surface area contributed by atoms with Crippen LogP contribution in [0.3, 0.4) is 0 Å². The summed E-state index contributed by atoms with van der Waals surface area (Å²) >= 11 is -2.09. The number of pyridine rings is 1. The maximum atomic E-state index is 14.0. The van der Waals surface area contributed by atoms with Gasteiger partial charge in [0.05, 0.1) is 11.5 Å². The van der Waals surface area contributed by atoms with Crippen molar-refractivity contribution in [1.29, 1.82) is 5.26 Å². The van der Waals surface area contributed by atoms with Crippen molar-refractivity contribution in [2.24, 2.45) is 0 Å². The van der Waals surface area contributed by atoms with E-state index in [0.717, 1.165) is 23.3 Å². The van der Waals surface area contributed by atoms with Crippen LogP contribution in [0.2, 0.25) is 0 Å². The zero-order chi connectivity index (χ0) is 24.7. The number of nitrogens with one attached hydrogen (secondary N) is 1. The number of aromatic nitrogens is 2. The van der Waals surface area contributed by atoms with Gasteiger partial charge in [0, 0.05) is 41.5 Å². The molecule has 0 fully saturated rings. The lowest BCUT2D eigenvalue weighted by Gasteiger charge is -2.10. The van der Waals surface area contributed by atoms with Crippen molar-refractivity contribution in [1.82, 2.24) is 9.97 Å². The Labute approximate surface area is 209 Å². The molecule has 1 unspecified atom stereocenters. The highest BCUT2D eigenvalue weighted by molar-refractivity contribution is 7.79. The second kappa shape index (κ2) is 12.8. The molecule has 0 saturated carbocycles. The molecular formula is C24H22ClF2N4O3S-. The predicted octanol–water partition coefficient (Wildman–Crippen LogP) is 5.72. The summed E-state index contributed by atoms with van der Waals surface area (Å²) in [4.78, 5) is 7.52. The molecule has 0 amide bonds. The first-order valence-electron chi connectivity index (χ1n) is 10.2. The first-order valence-corrected chi connectivity index (χ1v) is 11.3. The number of anilines is 1. The van der Waals surface area contributed by atoms with Crippen LogP contribution in [0, 0.1) is 29.9 Å². The Morgan fingerprint density at radius 3 is 2.46 bits per heavy atom. The molecule has 4 aromatic rings. The van der Waals surface area contributed by atoms with Gasteiger partial charge >= 0.3 is 0 Å². The van der Waals surface area contributed by atoms with Crippen molar-refractivity contribution in [3.8, 4) is 17.6 Å². The van der Waals surface area contributed by atoms with Crippen molar-refractivity contribution in [3.63, 3.8) is 0 Å². The van der Waals surface area contributed by atoms with Gasteiger partial charge in [0.2, 0.25) is 0 Å². The molecular weight excluding hydrogens is 498 g/mol.